The van der Waals surface area contributed by atoms with E-state index in [-0.39, 0.29) is 12.0 Å². The minimum Gasteiger partial charge on any atom is -0.480 e. The minimum absolute atomic E-state index is 0.0839. The van der Waals surface area contributed by atoms with E-state index >= 15 is 0 Å². The number of carboxylic acids is 1. The Bertz CT molecular complexity index is 372. The first kappa shape index (κ1) is 15.4. The Morgan fingerprint density at radius 3 is 2.74 bits per heavy atom. The largest absolute Gasteiger partial charge is 0.480 e. The van der Waals surface area contributed by atoms with Crippen LogP contribution in [0.1, 0.15) is 39.5 Å². The molecular formula is C14H21NO4. The second-order valence-corrected chi connectivity index (χ2v) is 5.24. The van der Waals surface area contributed by atoms with Crippen molar-refractivity contribution >= 4 is 12.1 Å². The van der Waals surface area contributed by atoms with E-state index in [9.17, 15) is 9.59 Å². The summed E-state index contributed by atoms with van der Waals surface area (Å²) < 4.78 is 5.17. The van der Waals surface area contributed by atoms with Crippen LogP contribution in [0.15, 0.2) is 0 Å². The third-order valence-electron chi connectivity index (χ3n) is 3.22. The summed E-state index contributed by atoms with van der Waals surface area (Å²) in [7, 11) is 0. The summed E-state index contributed by atoms with van der Waals surface area (Å²) in [6, 6.07) is -0.911. The maximum atomic E-state index is 11.6. The zero-order valence-electron chi connectivity index (χ0n) is 11.4. The molecule has 1 saturated carbocycles. The van der Waals surface area contributed by atoms with Crippen molar-refractivity contribution in [3.05, 3.63) is 0 Å². The lowest BCUT2D eigenvalue weighted by Crippen LogP contribution is -2.44. The van der Waals surface area contributed by atoms with Crippen molar-refractivity contribution in [2.24, 2.45) is 11.8 Å². The summed E-state index contributed by atoms with van der Waals surface area (Å²) in [5, 5.41) is 11.3. The van der Waals surface area contributed by atoms with Gasteiger partial charge in [0.2, 0.25) is 0 Å². The van der Waals surface area contributed by atoms with E-state index in [0.29, 0.717) is 5.92 Å². The van der Waals surface area contributed by atoms with E-state index in [1.165, 1.54) is 0 Å². The summed E-state index contributed by atoms with van der Waals surface area (Å²) in [6.07, 6.45) is 7.90. The molecule has 106 valence electrons. The van der Waals surface area contributed by atoms with Crippen LogP contribution in [0, 0.1) is 24.2 Å². The Morgan fingerprint density at radius 1 is 1.53 bits per heavy atom. The standard InChI is InChI=1S/C14H21NO4/c1-4-5-6-7-10-8-11(10)19-14(18)15-12(9(2)3)13(16)17/h1,9-12H,5-8H2,2-3H3,(H,15,18)(H,16,17)/t10-,11-,12+/m1/s1. The number of carbonyl (C=O) groups is 2. The van der Waals surface area contributed by atoms with Gasteiger partial charge >= 0.3 is 12.1 Å². The molecule has 0 heterocycles. The van der Waals surface area contributed by atoms with Crippen LogP contribution in [-0.2, 0) is 9.53 Å². The lowest BCUT2D eigenvalue weighted by molar-refractivity contribution is -0.140. The molecule has 1 aliphatic carbocycles. The molecule has 0 unspecified atom stereocenters. The zero-order chi connectivity index (χ0) is 14.4. The van der Waals surface area contributed by atoms with Crippen LogP contribution in [0.5, 0.6) is 0 Å². The van der Waals surface area contributed by atoms with Crippen LogP contribution in [0.4, 0.5) is 4.79 Å². The molecule has 0 spiro atoms. The highest BCUT2D eigenvalue weighted by Gasteiger charge is 2.40. The van der Waals surface area contributed by atoms with Crippen molar-refractivity contribution in [3.8, 4) is 12.3 Å². The molecule has 0 saturated heterocycles. The Morgan fingerprint density at radius 2 is 2.21 bits per heavy atom. The Labute approximate surface area is 113 Å². The number of hydrogen-bond donors (Lipinski definition) is 2. The van der Waals surface area contributed by atoms with Crippen LogP contribution in [-0.4, -0.2) is 29.3 Å². The van der Waals surface area contributed by atoms with Crippen LogP contribution in [0.25, 0.3) is 0 Å². The average molecular weight is 267 g/mol. The van der Waals surface area contributed by atoms with Crippen LogP contribution in [0.2, 0.25) is 0 Å². The van der Waals surface area contributed by atoms with Crippen molar-refractivity contribution in [2.45, 2.75) is 51.7 Å². The number of unbranched alkanes of at least 4 members (excludes halogenated alkanes) is 1. The number of alkyl carbamates (subject to hydrolysis) is 1. The summed E-state index contributed by atoms with van der Waals surface area (Å²) in [5.41, 5.74) is 0. The van der Waals surface area contributed by atoms with E-state index in [1.807, 2.05) is 0 Å². The van der Waals surface area contributed by atoms with Gasteiger partial charge in [-0.15, -0.1) is 12.3 Å². The van der Waals surface area contributed by atoms with Crippen LogP contribution < -0.4 is 5.32 Å². The maximum Gasteiger partial charge on any atom is 0.408 e. The molecule has 0 aromatic heterocycles. The topological polar surface area (TPSA) is 75.6 Å². The van der Waals surface area contributed by atoms with Crippen molar-refractivity contribution in [3.63, 3.8) is 0 Å². The molecule has 3 atom stereocenters. The summed E-state index contributed by atoms with van der Waals surface area (Å²) in [4.78, 5) is 22.5. The quantitative estimate of drug-likeness (QED) is 0.546. The number of amides is 1. The minimum atomic E-state index is -1.05. The van der Waals surface area contributed by atoms with E-state index in [2.05, 4.69) is 11.2 Å². The molecule has 1 fully saturated rings. The van der Waals surface area contributed by atoms with E-state index in [4.69, 9.17) is 16.3 Å². The lowest BCUT2D eigenvalue weighted by Gasteiger charge is -2.17. The summed E-state index contributed by atoms with van der Waals surface area (Å²) >= 11 is 0. The first-order valence-corrected chi connectivity index (χ1v) is 6.59. The SMILES string of the molecule is C#CCCC[C@@H]1C[C@H]1OC(=O)N[C@H](C(=O)O)C(C)C. The van der Waals surface area contributed by atoms with Gasteiger partial charge in [-0.05, 0) is 31.1 Å². The van der Waals surface area contributed by atoms with E-state index in [0.717, 1.165) is 25.7 Å². The molecule has 5 heteroatoms. The second-order valence-electron chi connectivity index (χ2n) is 5.24. The van der Waals surface area contributed by atoms with Crippen LogP contribution >= 0.6 is 0 Å². The van der Waals surface area contributed by atoms with Gasteiger partial charge in [-0.25, -0.2) is 9.59 Å². The molecule has 19 heavy (non-hydrogen) atoms. The fourth-order valence-electron chi connectivity index (χ4n) is 1.95. The molecule has 1 rings (SSSR count). The fraction of sp³-hybridized carbons (Fsp3) is 0.714. The van der Waals surface area contributed by atoms with Gasteiger partial charge in [-0.3, -0.25) is 0 Å². The molecular weight excluding hydrogens is 246 g/mol. The highest BCUT2D eigenvalue weighted by atomic mass is 16.6. The smallest absolute Gasteiger partial charge is 0.408 e. The van der Waals surface area contributed by atoms with Crippen molar-refractivity contribution < 1.29 is 19.4 Å². The van der Waals surface area contributed by atoms with Crippen molar-refractivity contribution in [1.82, 2.24) is 5.32 Å². The molecule has 1 aliphatic rings. The van der Waals surface area contributed by atoms with E-state index in [1.54, 1.807) is 13.8 Å². The van der Waals surface area contributed by atoms with Gasteiger partial charge in [-0.2, -0.15) is 0 Å². The van der Waals surface area contributed by atoms with Gasteiger partial charge < -0.3 is 15.2 Å². The summed E-state index contributed by atoms with van der Waals surface area (Å²) in [5.74, 6) is 1.72. The maximum absolute atomic E-state index is 11.6. The number of aliphatic carboxylic acids is 1. The monoisotopic (exact) mass is 267 g/mol. The highest BCUT2D eigenvalue weighted by Crippen LogP contribution is 2.38. The molecule has 0 radical (unpaired) electrons. The normalized spacial score (nSPS) is 22.4. The number of ether oxygens (including phenoxy) is 1. The third kappa shape index (κ3) is 5.21. The number of rotatable bonds is 7. The van der Waals surface area contributed by atoms with Gasteiger partial charge in [0.05, 0.1) is 0 Å². The Balaban J connectivity index is 2.26. The Kier molecular flexibility index (Phi) is 5.68. The fourth-order valence-corrected chi connectivity index (χ4v) is 1.95. The Hall–Kier alpha value is -1.70. The second kappa shape index (κ2) is 7.03. The lowest BCUT2D eigenvalue weighted by atomic mass is 10.1. The van der Waals surface area contributed by atoms with Gasteiger partial charge in [0, 0.05) is 6.42 Å². The molecule has 0 aromatic carbocycles. The van der Waals surface area contributed by atoms with Gasteiger partial charge in [0.25, 0.3) is 0 Å². The number of carbonyl (C=O) groups excluding carboxylic acids is 1. The molecule has 0 aliphatic heterocycles. The zero-order valence-corrected chi connectivity index (χ0v) is 11.4. The first-order valence-electron chi connectivity index (χ1n) is 6.59. The third-order valence-corrected chi connectivity index (χ3v) is 3.22. The predicted molar refractivity (Wildman–Crippen MR) is 70.5 cm³/mol. The van der Waals surface area contributed by atoms with Gasteiger partial charge in [0.15, 0.2) is 0 Å². The van der Waals surface area contributed by atoms with Crippen LogP contribution in [0.3, 0.4) is 0 Å². The van der Waals surface area contributed by atoms with Crippen molar-refractivity contribution in [2.75, 3.05) is 0 Å². The molecule has 2 N–H and O–H groups in total. The van der Waals surface area contributed by atoms with Gasteiger partial charge in [-0.1, -0.05) is 13.8 Å². The molecule has 5 nitrogen and oxygen atoms in total. The van der Waals surface area contributed by atoms with Crippen molar-refractivity contribution in [1.29, 1.82) is 0 Å². The number of carboxylic acid groups (broad SMARTS) is 1. The highest BCUT2D eigenvalue weighted by molar-refractivity contribution is 5.80. The van der Waals surface area contributed by atoms with E-state index < -0.39 is 18.1 Å². The molecule has 0 aromatic rings. The average Bonchev–Trinajstić information content (AvgIpc) is 3.04. The number of nitrogens with one attached hydrogen (secondary N) is 1. The molecule has 1 amide bonds. The predicted octanol–water partition coefficient (Wildman–Crippen LogP) is 2.01. The number of hydrogen-bond acceptors (Lipinski definition) is 3. The number of terminal acetylenes is 1. The van der Waals surface area contributed by atoms with Gasteiger partial charge in [0.1, 0.15) is 12.1 Å². The molecule has 0 bridgehead atoms. The summed E-state index contributed by atoms with van der Waals surface area (Å²) in [6.45, 7) is 3.47. The first-order chi connectivity index (χ1) is 8.95.